The fraction of sp³-hybridized carbons (Fsp3) is 1.00. The van der Waals surface area contributed by atoms with Gasteiger partial charge in [0.05, 0.1) is 32.5 Å². The van der Waals surface area contributed by atoms with Crippen molar-refractivity contribution in [1.29, 1.82) is 0 Å². The van der Waals surface area contributed by atoms with E-state index in [1.807, 2.05) is 0 Å². The average Bonchev–Trinajstić information content (AvgIpc) is 2.82. The molecule has 24 heavy (non-hydrogen) atoms. The SMILES string of the molecule is CC1OC(COCC2(CO)OC(CO)[C@H](O)C2O)[C@@H](O)[C@H](O)[C@@H]1O. The zero-order valence-corrected chi connectivity index (χ0v) is 13.3. The normalized spacial score (nSPS) is 49.5. The first-order valence-corrected chi connectivity index (χ1v) is 7.80. The summed E-state index contributed by atoms with van der Waals surface area (Å²) in [6.07, 6.45) is -9.51. The van der Waals surface area contributed by atoms with Gasteiger partial charge in [-0.25, -0.2) is 0 Å². The molecule has 2 fully saturated rings. The predicted molar refractivity (Wildman–Crippen MR) is 77.0 cm³/mol. The van der Waals surface area contributed by atoms with Gasteiger partial charge in [0.1, 0.15) is 48.3 Å². The molecule has 0 aromatic carbocycles. The van der Waals surface area contributed by atoms with Gasteiger partial charge in [0.2, 0.25) is 0 Å². The van der Waals surface area contributed by atoms with Crippen molar-refractivity contribution in [1.82, 2.24) is 0 Å². The molecule has 0 radical (unpaired) electrons. The smallest absolute Gasteiger partial charge is 0.143 e. The van der Waals surface area contributed by atoms with Gasteiger partial charge in [0, 0.05) is 0 Å². The second kappa shape index (κ2) is 7.87. The van der Waals surface area contributed by atoms with Gasteiger partial charge in [0.25, 0.3) is 0 Å². The molecule has 2 rings (SSSR count). The van der Waals surface area contributed by atoms with Crippen LogP contribution >= 0.6 is 0 Å². The minimum Gasteiger partial charge on any atom is -0.394 e. The predicted octanol–water partition coefficient (Wildman–Crippen LogP) is -4.28. The molecule has 2 heterocycles. The Balaban J connectivity index is 1.93. The van der Waals surface area contributed by atoms with Gasteiger partial charge < -0.3 is 50.0 Å². The summed E-state index contributed by atoms with van der Waals surface area (Å²) in [5.74, 6) is 0. The minimum atomic E-state index is -1.61. The zero-order chi connectivity index (χ0) is 18.1. The van der Waals surface area contributed by atoms with Crippen LogP contribution in [-0.2, 0) is 14.2 Å². The Morgan fingerprint density at radius 3 is 2.12 bits per heavy atom. The summed E-state index contributed by atoms with van der Waals surface area (Å²) in [4.78, 5) is 0. The highest BCUT2D eigenvalue weighted by atomic mass is 16.6. The number of ether oxygens (including phenoxy) is 3. The summed E-state index contributed by atoms with van der Waals surface area (Å²) in [5, 5.41) is 67.7. The minimum absolute atomic E-state index is 0.201. The molecule has 0 saturated carbocycles. The summed E-state index contributed by atoms with van der Waals surface area (Å²) in [6.45, 7) is -0.196. The highest BCUT2D eigenvalue weighted by Gasteiger charge is 2.54. The Morgan fingerprint density at radius 2 is 1.58 bits per heavy atom. The number of rotatable bonds is 6. The van der Waals surface area contributed by atoms with E-state index in [1.165, 1.54) is 6.92 Å². The van der Waals surface area contributed by atoms with Gasteiger partial charge in [-0.3, -0.25) is 0 Å². The first kappa shape index (κ1) is 19.9. The van der Waals surface area contributed by atoms with Gasteiger partial charge in [-0.15, -0.1) is 0 Å². The van der Waals surface area contributed by atoms with E-state index in [-0.39, 0.29) is 13.2 Å². The lowest BCUT2D eigenvalue weighted by molar-refractivity contribution is -0.234. The van der Waals surface area contributed by atoms with Crippen molar-refractivity contribution >= 4 is 0 Å². The fourth-order valence-electron chi connectivity index (χ4n) is 3.02. The molecule has 5 unspecified atom stereocenters. The largest absolute Gasteiger partial charge is 0.394 e. The summed E-state index contributed by atoms with van der Waals surface area (Å²) >= 11 is 0. The fourth-order valence-corrected chi connectivity index (χ4v) is 3.02. The Kier molecular flexibility index (Phi) is 6.53. The monoisotopic (exact) mass is 354 g/mol. The Bertz CT molecular complexity index is 409. The number of hydrogen-bond acceptors (Lipinski definition) is 10. The van der Waals surface area contributed by atoms with Gasteiger partial charge in [0.15, 0.2) is 0 Å². The third-order valence-corrected chi connectivity index (χ3v) is 4.66. The van der Waals surface area contributed by atoms with Crippen LogP contribution in [0.15, 0.2) is 0 Å². The number of hydrogen-bond donors (Lipinski definition) is 7. The molecular formula is C14H26O10. The summed E-state index contributed by atoms with van der Waals surface area (Å²) in [7, 11) is 0. The maximum atomic E-state index is 10.0. The van der Waals surface area contributed by atoms with Crippen molar-refractivity contribution < 1.29 is 50.0 Å². The van der Waals surface area contributed by atoms with Crippen LogP contribution in [0, 0.1) is 0 Å². The third-order valence-electron chi connectivity index (χ3n) is 4.66. The molecular weight excluding hydrogens is 328 g/mol. The van der Waals surface area contributed by atoms with Crippen LogP contribution in [0.2, 0.25) is 0 Å². The van der Waals surface area contributed by atoms with Gasteiger partial charge in [-0.05, 0) is 6.92 Å². The molecule has 0 aliphatic carbocycles. The molecule has 10 nitrogen and oxygen atoms in total. The van der Waals surface area contributed by atoms with E-state index in [2.05, 4.69) is 0 Å². The Morgan fingerprint density at radius 1 is 0.917 bits per heavy atom. The second-order valence-electron chi connectivity index (χ2n) is 6.36. The molecule has 7 N–H and O–H groups in total. The van der Waals surface area contributed by atoms with Crippen LogP contribution in [0.4, 0.5) is 0 Å². The molecule has 0 spiro atoms. The molecule has 9 atom stereocenters. The molecule has 10 heteroatoms. The molecule has 2 saturated heterocycles. The van der Waals surface area contributed by atoms with Crippen LogP contribution in [-0.4, -0.2) is 117 Å². The van der Waals surface area contributed by atoms with Crippen LogP contribution < -0.4 is 0 Å². The molecule has 2 aliphatic rings. The summed E-state index contributed by atoms with van der Waals surface area (Å²) in [5.41, 5.74) is -1.61. The molecule has 0 bridgehead atoms. The van der Waals surface area contributed by atoms with E-state index in [0.29, 0.717) is 0 Å². The van der Waals surface area contributed by atoms with Gasteiger partial charge >= 0.3 is 0 Å². The van der Waals surface area contributed by atoms with Crippen molar-refractivity contribution in [3.05, 3.63) is 0 Å². The lowest BCUT2D eigenvalue weighted by Crippen LogP contribution is -2.58. The number of aliphatic hydroxyl groups excluding tert-OH is 7. The van der Waals surface area contributed by atoms with Crippen LogP contribution in [0.3, 0.4) is 0 Å². The molecule has 0 amide bonds. The van der Waals surface area contributed by atoms with Crippen molar-refractivity contribution in [2.75, 3.05) is 26.4 Å². The van der Waals surface area contributed by atoms with Crippen LogP contribution in [0.1, 0.15) is 6.92 Å². The first-order chi connectivity index (χ1) is 11.3. The van der Waals surface area contributed by atoms with Crippen LogP contribution in [0.25, 0.3) is 0 Å². The van der Waals surface area contributed by atoms with E-state index < -0.39 is 67.6 Å². The topological polar surface area (TPSA) is 169 Å². The highest BCUT2D eigenvalue weighted by molar-refractivity contribution is 5.02. The van der Waals surface area contributed by atoms with Gasteiger partial charge in [-0.2, -0.15) is 0 Å². The first-order valence-electron chi connectivity index (χ1n) is 7.80. The number of aliphatic hydroxyl groups is 7. The highest BCUT2D eigenvalue weighted by Crippen LogP contribution is 2.32. The van der Waals surface area contributed by atoms with Crippen molar-refractivity contribution in [2.45, 2.75) is 61.4 Å². The van der Waals surface area contributed by atoms with Crippen molar-refractivity contribution in [3.63, 3.8) is 0 Å². The Labute approximate surface area is 138 Å². The molecule has 142 valence electrons. The Hall–Kier alpha value is -0.400. The van der Waals surface area contributed by atoms with E-state index >= 15 is 0 Å². The average molecular weight is 354 g/mol. The van der Waals surface area contributed by atoms with E-state index in [9.17, 15) is 30.6 Å². The maximum absolute atomic E-state index is 10.0. The standard InChI is InChI=1S/C14H26O10/c1-6-9(17)12(20)10(18)8(23-6)3-22-5-14(4-16)13(21)11(19)7(2-15)24-14/h6-13,15-21H,2-5H2,1H3/t6?,7?,8?,9-,10-,11+,12-,13?,14?/m1/s1. The molecule has 2 aliphatic heterocycles. The van der Waals surface area contributed by atoms with E-state index in [1.54, 1.807) is 0 Å². The van der Waals surface area contributed by atoms with Crippen molar-refractivity contribution in [3.8, 4) is 0 Å². The second-order valence-corrected chi connectivity index (χ2v) is 6.36. The van der Waals surface area contributed by atoms with E-state index in [4.69, 9.17) is 19.3 Å². The summed E-state index contributed by atoms with van der Waals surface area (Å²) < 4.78 is 16.0. The summed E-state index contributed by atoms with van der Waals surface area (Å²) in [6, 6.07) is 0. The van der Waals surface area contributed by atoms with Crippen molar-refractivity contribution in [2.24, 2.45) is 0 Å². The lowest BCUT2D eigenvalue weighted by atomic mass is 9.95. The third kappa shape index (κ3) is 3.58. The maximum Gasteiger partial charge on any atom is 0.143 e. The molecule has 0 aromatic rings. The van der Waals surface area contributed by atoms with Gasteiger partial charge in [-0.1, -0.05) is 0 Å². The molecule has 0 aromatic heterocycles. The lowest BCUT2D eigenvalue weighted by Gasteiger charge is -2.39. The van der Waals surface area contributed by atoms with Crippen LogP contribution in [0.5, 0.6) is 0 Å². The quantitative estimate of drug-likeness (QED) is 0.248. The van der Waals surface area contributed by atoms with E-state index in [0.717, 1.165) is 0 Å². The zero-order valence-electron chi connectivity index (χ0n) is 13.3.